The zero-order valence-electron chi connectivity index (χ0n) is 18.8. The van der Waals surface area contributed by atoms with Crippen LogP contribution in [0.25, 0.3) is 0 Å². The maximum absolute atomic E-state index is 12.9. The first-order chi connectivity index (χ1) is 16.3. The largest absolute Gasteiger partial charge is 0.395 e. The van der Waals surface area contributed by atoms with Crippen LogP contribution in [0, 0.1) is 5.41 Å². The third-order valence-electron chi connectivity index (χ3n) is 5.60. The van der Waals surface area contributed by atoms with Crippen molar-refractivity contribution >= 4 is 34.9 Å². The highest BCUT2D eigenvalue weighted by atomic mass is 16.3. The van der Waals surface area contributed by atoms with Crippen molar-refractivity contribution in [2.75, 3.05) is 36.5 Å². The molecule has 10 heteroatoms. The fourth-order valence-electron chi connectivity index (χ4n) is 3.80. The molecular weight excluding hydrogens is 438 g/mol. The molecule has 0 aromatic heterocycles. The summed E-state index contributed by atoms with van der Waals surface area (Å²) in [4.78, 5) is 40.5. The standard InChI is InChI=1S/C24H29N5O5/c25-24(26)16-1-4-19(5-2-16)27-21(32)7-8-22(33)29(10-12-31)20-6-3-17-15-28(9-11-30)23(34)14-18(17)13-20/h1-6,13,30-31H,7-12,14-15H2,(H3,25,26)(H,27,32). The van der Waals surface area contributed by atoms with Gasteiger partial charge in [0, 0.05) is 49.4 Å². The van der Waals surface area contributed by atoms with E-state index in [1.165, 1.54) is 4.90 Å². The number of amides is 3. The van der Waals surface area contributed by atoms with Gasteiger partial charge in [-0.3, -0.25) is 19.8 Å². The second-order valence-corrected chi connectivity index (χ2v) is 7.98. The van der Waals surface area contributed by atoms with E-state index in [0.717, 1.165) is 11.1 Å². The molecule has 6 N–H and O–H groups in total. The lowest BCUT2D eigenvalue weighted by Gasteiger charge is -2.30. The number of β-amino-alcohol motifs (C(OH)–C–C–N with tert-alkyl or cyclic N) is 1. The van der Waals surface area contributed by atoms with Gasteiger partial charge in [0.25, 0.3) is 0 Å². The molecule has 0 unspecified atom stereocenters. The van der Waals surface area contributed by atoms with Crippen LogP contribution in [0.2, 0.25) is 0 Å². The number of amidine groups is 1. The van der Waals surface area contributed by atoms with Crippen LogP contribution in [-0.2, 0) is 27.3 Å². The summed E-state index contributed by atoms with van der Waals surface area (Å²) in [5.74, 6) is -0.818. The lowest BCUT2D eigenvalue weighted by Crippen LogP contribution is -2.38. The first-order valence-corrected chi connectivity index (χ1v) is 11.0. The molecule has 2 aromatic carbocycles. The molecule has 0 atom stereocenters. The van der Waals surface area contributed by atoms with Gasteiger partial charge in [-0.2, -0.15) is 0 Å². The molecule has 1 aliphatic heterocycles. The van der Waals surface area contributed by atoms with Crippen molar-refractivity contribution < 1.29 is 24.6 Å². The number of aliphatic hydroxyl groups excluding tert-OH is 2. The Kier molecular flexibility index (Phi) is 8.34. The molecule has 3 rings (SSSR count). The Labute approximate surface area is 197 Å². The van der Waals surface area contributed by atoms with Gasteiger partial charge in [-0.25, -0.2) is 0 Å². The monoisotopic (exact) mass is 467 g/mol. The minimum atomic E-state index is -0.340. The fourth-order valence-corrected chi connectivity index (χ4v) is 3.80. The number of rotatable bonds is 10. The number of anilines is 2. The van der Waals surface area contributed by atoms with Crippen molar-refractivity contribution in [2.24, 2.45) is 5.73 Å². The van der Waals surface area contributed by atoms with E-state index in [0.29, 0.717) is 23.5 Å². The van der Waals surface area contributed by atoms with E-state index in [9.17, 15) is 19.5 Å². The quantitative estimate of drug-likeness (QED) is 0.254. The zero-order chi connectivity index (χ0) is 24.7. The Morgan fingerprint density at radius 1 is 1.06 bits per heavy atom. The van der Waals surface area contributed by atoms with E-state index in [1.54, 1.807) is 41.3 Å². The van der Waals surface area contributed by atoms with Crippen LogP contribution in [-0.4, -0.2) is 65.0 Å². The molecule has 0 aliphatic carbocycles. The first kappa shape index (κ1) is 24.9. The molecule has 1 aliphatic rings. The zero-order valence-corrected chi connectivity index (χ0v) is 18.8. The summed E-state index contributed by atoms with van der Waals surface area (Å²) in [6.45, 7) is 0.390. The SMILES string of the molecule is N=C(N)c1ccc(NC(=O)CCC(=O)N(CCO)c2ccc3c(c2)CC(=O)N(CCO)C3)cc1. The summed E-state index contributed by atoms with van der Waals surface area (Å²) in [6, 6.07) is 11.9. The van der Waals surface area contributed by atoms with Gasteiger partial charge in [0.1, 0.15) is 5.84 Å². The van der Waals surface area contributed by atoms with Crippen LogP contribution < -0.4 is 16.0 Å². The van der Waals surface area contributed by atoms with E-state index < -0.39 is 0 Å². The van der Waals surface area contributed by atoms with Gasteiger partial charge in [-0.1, -0.05) is 6.07 Å². The normalized spacial score (nSPS) is 12.8. The number of nitrogens with zero attached hydrogens (tertiary/aromatic N) is 2. The van der Waals surface area contributed by atoms with Gasteiger partial charge in [-0.15, -0.1) is 0 Å². The number of hydrogen-bond donors (Lipinski definition) is 5. The van der Waals surface area contributed by atoms with Gasteiger partial charge in [-0.05, 0) is 47.5 Å². The second kappa shape index (κ2) is 11.4. The molecule has 34 heavy (non-hydrogen) atoms. The number of aliphatic hydroxyl groups is 2. The van der Waals surface area contributed by atoms with E-state index in [2.05, 4.69) is 5.32 Å². The molecule has 2 aromatic rings. The van der Waals surface area contributed by atoms with Gasteiger partial charge in [0.05, 0.1) is 19.6 Å². The minimum absolute atomic E-state index is 0.0469. The Bertz CT molecular complexity index is 1070. The van der Waals surface area contributed by atoms with Crippen molar-refractivity contribution in [3.8, 4) is 0 Å². The number of hydrogen-bond acceptors (Lipinski definition) is 6. The van der Waals surface area contributed by atoms with Gasteiger partial charge in [0.15, 0.2) is 0 Å². The van der Waals surface area contributed by atoms with Crippen LogP contribution in [0.4, 0.5) is 11.4 Å². The van der Waals surface area contributed by atoms with Gasteiger partial charge < -0.3 is 31.1 Å². The van der Waals surface area contributed by atoms with Crippen molar-refractivity contribution in [1.29, 1.82) is 5.41 Å². The number of nitrogens with one attached hydrogen (secondary N) is 2. The van der Waals surface area contributed by atoms with Crippen LogP contribution in [0.3, 0.4) is 0 Å². The van der Waals surface area contributed by atoms with Crippen LogP contribution in [0.15, 0.2) is 42.5 Å². The van der Waals surface area contributed by atoms with Crippen molar-refractivity contribution in [1.82, 2.24) is 4.90 Å². The molecule has 10 nitrogen and oxygen atoms in total. The Balaban J connectivity index is 1.63. The lowest BCUT2D eigenvalue weighted by molar-refractivity contribution is -0.132. The Morgan fingerprint density at radius 3 is 2.44 bits per heavy atom. The highest BCUT2D eigenvalue weighted by molar-refractivity contribution is 5.99. The first-order valence-electron chi connectivity index (χ1n) is 11.0. The van der Waals surface area contributed by atoms with E-state index in [1.807, 2.05) is 6.07 Å². The van der Waals surface area contributed by atoms with Gasteiger partial charge in [0.2, 0.25) is 17.7 Å². The van der Waals surface area contributed by atoms with Crippen LogP contribution in [0.5, 0.6) is 0 Å². The molecule has 0 radical (unpaired) electrons. The summed E-state index contributed by atoms with van der Waals surface area (Å²) in [6.07, 6.45) is 0.0710. The average Bonchev–Trinajstić information content (AvgIpc) is 2.81. The van der Waals surface area contributed by atoms with E-state index in [-0.39, 0.29) is 69.1 Å². The minimum Gasteiger partial charge on any atom is -0.395 e. The summed E-state index contributed by atoms with van der Waals surface area (Å²) in [5, 5.41) is 28.7. The smallest absolute Gasteiger partial charge is 0.227 e. The molecule has 1 heterocycles. The van der Waals surface area contributed by atoms with E-state index >= 15 is 0 Å². The maximum atomic E-state index is 12.9. The topological polar surface area (TPSA) is 160 Å². The second-order valence-electron chi connectivity index (χ2n) is 7.98. The number of nitrogen functional groups attached to an aromatic ring is 1. The van der Waals surface area contributed by atoms with Crippen molar-refractivity contribution in [3.63, 3.8) is 0 Å². The lowest BCUT2D eigenvalue weighted by atomic mass is 9.98. The number of fused-ring (bicyclic) bond motifs is 1. The molecule has 180 valence electrons. The predicted octanol–water partition coefficient (Wildman–Crippen LogP) is 0.592. The maximum Gasteiger partial charge on any atom is 0.227 e. The third kappa shape index (κ3) is 6.18. The third-order valence-corrected chi connectivity index (χ3v) is 5.60. The molecule has 0 saturated heterocycles. The van der Waals surface area contributed by atoms with E-state index in [4.69, 9.17) is 16.2 Å². The molecule has 0 saturated carbocycles. The summed E-state index contributed by atoms with van der Waals surface area (Å²) >= 11 is 0. The van der Waals surface area contributed by atoms with Gasteiger partial charge >= 0.3 is 0 Å². The van der Waals surface area contributed by atoms with Crippen molar-refractivity contribution in [3.05, 3.63) is 59.2 Å². The Hall–Kier alpha value is -3.76. The number of carbonyl (C=O) groups is 3. The number of benzene rings is 2. The van der Waals surface area contributed by atoms with Crippen LogP contribution in [0.1, 0.15) is 29.5 Å². The number of carbonyl (C=O) groups excluding carboxylic acids is 3. The molecule has 3 amide bonds. The molecule has 0 bridgehead atoms. The Morgan fingerprint density at radius 2 is 1.79 bits per heavy atom. The van der Waals surface area contributed by atoms with Crippen LogP contribution >= 0.6 is 0 Å². The predicted molar refractivity (Wildman–Crippen MR) is 127 cm³/mol. The summed E-state index contributed by atoms with van der Waals surface area (Å²) < 4.78 is 0. The summed E-state index contributed by atoms with van der Waals surface area (Å²) in [7, 11) is 0. The average molecular weight is 468 g/mol. The van der Waals surface area contributed by atoms with Crippen molar-refractivity contribution in [2.45, 2.75) is 25.8 Å². The summed E-state index contributed by atoms with van der Waals surface area (Å²) in [5.41, 5.74) is 8.80. The highest BCUT2D eigenvalue weighted by Gasteiger charge is 2.24. The highest BCUT2D eigenvalue weighted by Crippen LogP contribution is 2.26. The molecule has 0 fully saturated rings. The number of nitrogens with two attached hydrogens (primary N) is 1. The molecule has 0 spiro atoms. The fraction of sp³-hybridized carbons (Fsp3) is 0.333. The molecular formula is C24H29N5O5.